The van der Waals surface area contributed by atoms with Crippen molar-refractivity contribution in [3.8, 4) is 0 Å². The molecule has 0 spiro atoms. The van der Waals surface area contributed by atoms with Crippen LogP contribution in [0.5, 0.6) is 0 Å². The van der Waals surface area contributed by atoms with Gasteiger partial charge in [0.15, 0.2) is 0 Å². The zero-order valence-electron chi connectivity index (χ0n) is 17.0. The molecule has 31 heavy (non-hydrogen) atoms. The average Bonchev–Trinajstić information content (AvgIpc) is 3.56. The summed E-state index contributed by atoms with van der Waals surface area (Å²) in [6.07, 6.45) is 3.26. The van der Waals surface area contributed by atoms with Crippen molar-refractivity contribution in [2.24, 2.45) is 0 Å². The van der Waals surface area contributed by atoms with Crippen LogP contribution in [0.25, 0.3) is 10.9 Å². The molecule has 0 saturated heterocycles. The van der Waals surface area contributed by atoms with Gasteiger partial charge in [0.1, 0.15) is 0 Å². The highest BCUT2D eigenvalue weighted by atomic mass is 32.2. The quantitative estimate of drug-likeness (QED) is 0.457. The Balaban J connectivity index is 1.32. The molecular weight excluding hydrogens is 418 g/mol. The first-order valence-corrected chi connectivity index (χ1v) is 11.4. The molecule has 1 fully saturated rings. The van der Waals surface area contributed by atoms with E-state index in [1.807, 2.05) is 13.0 Å². The maximum absolute atomic E-state index is 12.6. The number of sulfonamides is 1. The molecule has 3 N–H and O–H groups in total. The summed E-state index contributed by atoms with van der Waals surface area (Å²) in [4.78, 5) is 29.2. The number of hydrogen-bond donors (Lipinski definition) is 3. The lowest BCUT2D eigenvalue weighted by molar-refractivity contribution is -0.120. The molecule has 1 amide bonds. The van der Waals surface area contributed by atoms with E-state index in [1.54, 1.807) is 24.3 Å². The van der Waals surface area contributed by atoms with E-state index in [0.717, 1.165) is 18.4 Å². The van der Waals surface area contributed by atoms with Crippen LogP contribution in [0.2, 0.25) is 0 Å². The molecule has 0 radical (unpaired) electrons. The van der Waals surface area contributed by atoms with Crippen LogP contribution in [0.3, 0.4) is 0 Å². The minimum Gasteiger partial charge on any atom is -0.299 e. The zero-order valence-corrected chi connectivity index (χ0v) is 17.8. The molecule has 0 atom stereocenters. The Morgan fingerprint density at radius 3 is 2.61 bits per heavy atom. The van der Waals surface area contributed by atoms with Crippen LogP contribution in [0.4, 0.5) is 5.69 Å². The topological polar surface area (TPSA) is 122 Å². The van der Waals surface area contributed by atoms with E-state index in [2.05, 4.69) is 20.6 Å². The van der Waals surface area contributed by atoms with Gasteiger partial charge in [0, 0.05) is 19.0 Å². The van der Waals surface area contributed by atoms with Gasteiger partial charge in [-0.05, 0) is 55.7 Å². The molecular formula is C21H23N5O4S. The van der Waals surface area contributed by atoms with Crippen molar-refractivity contribution in [3.05, 3.63) is 64.7 Å². The predicted octanol–water partition coefficient (Wildman–Crippen LogP) is 1.68. The molecule has 1 heterocycles. The fraction of sp³-hybridized carbons (Fsp3) is 0.286. The Morgan fingerprint density at radius 2 is 1.90 bits per heavy atom. The third kappa shape index (κ3) is 4.92. The van der Waals surface area contributed by atoms with Crippen LogP contribution in [-0.4, -0.2) is 29.9 Å². The number of para-hydroxylation sites is 1. The largest absolute Gasteiger partial charge is 0.299 e. The van der Waals surface area contributed by atoms with E-state index in [1.165, 1.54) is 23.0 Å². The van der Waals surface area contributed by atoms with Gasteiger partial charge in [0.05, 0.1) is 27.8 Å². The highest BCUT2D eigenvalue weighted by Crippen LogP contribution is 2.22. The normalized spacial score (nSPS) is 13.8. The van der Waals surface area contributed by atoms with E-state index in [9.17, 15) is 18.0 Å². The van der Waals surface area contributed by atoms with Gasteiger partial charge in [-0.25, -0.2) is 18.1 Å². The second-order valence-electron chi connectivity index (χ2n) is 7.56. The number of aromatic nitrogens is 2. The van der Waals surface area contributed by atoms with Crippen LogP contribution < -0.4 is 21.1 Å². The number of carbonyl (C=O) groups excluding carboxylic acids is 1. The third-order valence-corrected chi connectivity index (χ3v) is 6.58. The summed E-state index contributed by atoms with van der Waals surface area (Å²) in [6.45, 7) is 2.08. The number of rotatable bonds is 8. The number of hydrazine groups is 1. The van der Waals surface area contributed by atoms with Gasteiger partial charge < -0.3 is 0 Å². The summed E-state index contributed by atoms with van der Waals surface area (Å²) in [5, 5.41) is 0.521. The highest BCUT2D eigenvalue weighted by molar-refractivity contribution is 7.89. The first-order chi connectivity index (χ1) is 14.8. The predicted molar refractivity (Wildman–Crippen MR) is 117 cm³/mol. The molecule has 162 valence electrons. The summed E-state index contributed by atoms with van der Waals surface area (Å²) < 4.78 is 28.4. The van der Waals surface area contributed by atoms with Gasteiger partial charge in [-0.3, -0.25) is 25.0 Å². The van der Waals surface area contributed by atoms with Gasteiger partial charge in [-0.2, -0.15) is 0 Å². The number of nitrogens with one attached hydrogen (secondary N) is 3. The first kappa shape index (κ1) is 21.0. The summed E-state index contributed by atoms with van der Waals surface area (Å²) in [7, 11) is -3.51. The van der Waals surface area contributed by atoms with Crippen LogP contribution >= 0.6 is 0 Å². The number of anilines is 1. The molecule has 4 rings (SSSR count). The lowest BCUT2D eigenvalue weighted by Crippen LogP contribution is -2.31. The molecule has 10 heteroatoms. The summed E-state index contributed by atoms with van der Waals surface area (Å²) in [6, 6.07) is 11.5. The third-order valence-electron chi connectivity index (χ3n) is 5.05. The van der Waals surface area contributed by atoms with Crippen molar-refractivity contribution in [3.63, 3.8) is 0 Å². The van der Waals surface area contributed by atoms with E-state index < -0.39 is 10.0 Å². The molecule has 3 aromatic rings. The number of aryl methyl sites for hydroxylation is 2. The number of hydrogen-bond acceptors (Lipinski definition) is 6. The van der Waals surface area contributed by atoms with Crippen LogP contribution in [-0.2, 0) is 21.4 Å². The van der Waals surface area contributed by atoms with Crippen LogP contribution in [0.1, 0.15) is 24.8 Å². The highest BCUT2D eigenvalue weighted by Gasteiger charge is 2.27. The first-order valence-electron chi connectivity index (χ1n) is 9.95. The van der Waals surface area contributed by atoms with Gasteiger partial charge in [-0.1, -0.05) is 12.1 Å². The number of nitrogens with zero attached hydrogens (tertiary/aromatic N) is 2. The molecule has 1 aliphatic carbocycles. The number of amides is 1. The van der Waals surface area contributed by atoms with Crippen molar-refractivity contribution >= 4 is 32.5 Å². The fourth-order valence-electron chi connectivity index (χ4n) is 3.13. The second-order valence-corrected chi connectivity index (χ2v) is 9.27. The molecule has 1 aliphatic rings. The van der Waals surface area contributed by atoms with Gasteiger partial charge >= 0.3 is 0 Å². The monoisotopic (exact) mass is 441 g/mol. The van der Waals surface area contributed by atoms with Crippen molar-refractivity contribution in [1.82, 2.24) is 19.7 Å². The van der Waals surface area contributed by atoms with Gasteiger partial charge in [0.2, 0.25) is 15.9 Å². The minimum absolute atomic E-state index is 0.0384. The molecule has 1 saturated carbocycles. The second kappa shape index (κ2) is 8.48. The van der Waals surface area contributed by atoms with E-state index >= 15 is 0 Å². The molecule has 0 bridgehead atoms. The van der Waals surface area contributed by atoms with Crippen LogP contribution in [0.15, 0.2) is 58.5 Å². The van der Waals surface area contributed by atoms with E-state index in [4.69, 9.17) is 0 Å². The number of benzene rings is 2. The SMILES string of the molecule is Cc1cccc2c(=O)n(CCC(=O)NNc3ccc(S(=O)(=O)NC4CC4)cc3)cnc12. The van der Waals surface area contributed by atoms with Crippen molar-refractivity contribution in [2.75, 3.05) is 5.43 Å². The van der Waals surface area contributed by atoms with Crippen molar-refractivity contribution in [2.45, 2.75) is 43.7 Å². The van der Waals surface area contributed by atoms with Gasteiger partial charge in [0.25, 0.3) is 5.56 Å². The summed E-state index contributed by atoms with van der Waals surface area (Å²) in [5.74, 6) is -0.316. The lowest BCUT2D eigenvalue weighted by Gasteiger charge is -2.11. The molecule has 0 aliphatic heterocycles. The molecule has 0 unspecified atom stereocenters. The molecule has 2 aromatic carbocycles. The lowest BCUT2D eigenvalue weighted by atomic mass is 10.1. The van der Waals surface area contributed by atoms with Crippen molar-refractivity contribution in [1.29, 1.82) is 0 Å². The Bertz CT molecular complexity index is 1280. The molecule has 1 aromatic heterocycles. The summed E-state index contributed by atoms with van der Waals surface area (Å²) >= 11 is 0. The Kier molecular flexibility index (Phi) is 5.75. The van der Waals surface area contributed by atoms with Gasteiger partial charge in [-0.15, -0.1) is 0 Å². The Hall–Kier alpha value is -3.24. The number of carbonyl (C=O) groups is 1. The maximum atomic E-state index is 12.6. The smallest absolute Gasteiger partial charge is 0.261 e. The molecule has 9 nitrogen and oxygen atoms in total. The Labute approximate surface area is 179 Å². The maximum Gasteiger partial charge on any atom is 0.261 e. The Morgan fingerprint density at radius 1 is 1.16 bits per heavy atom. The number of fused-ring (bicyclic) bond motifs is 1. The van der Waals surface area contributed by atoms with Crippen LogP contribution in [0, 0.1) is 6.92 Å². The van der Waals surface area contributed by atoms with Crippen molar-refractivity contribution < 1.29 is 13.2 Å². The average molecular weight is 442 g/mol. The van der Waals surface area contributed by atoms with E-state index in [0.29, 0.717) is 16.6 Å². The minimum atomic E-state index is -3.51. The zero-order chi connectivity index (χ0) is 22.0. The fourth-order valence-corrected chi connectivity index (χ4v) is 4.43. The standard InChI is InChI=1S/C21H23N5O4S/c1-14-3-2-4-18-20(14)22-13-26(21(18)28)12-11-19(27)24-23-15-7-9-17(10-8-15)31(29,30)25-16-5-6-16/h2-4,7-10,13,16,23,25H,5-6,11-12H2,1H3,(H,24,27). The van der Waals surface area contributed by atoms with E-state index in [-0.39, 0.29) is 35.4 Å². The summed E-state index contributed by atoms with van der Waals surface area (Å²) in [5.41, 5.74) is 7.23.